The molecule has 0 radical (unpaired) electrons. The summed E-state index contributed by atoms with van der Waals surface area (Å²) in [4.78, 5) is 14.6. The van der Waals surface area contributed by atoms with Gasteiger partial charge in [0.25, 0.3) is 0 Å². The van der Waals surface area contributed by atoms with E-state index in [0.717, 1.165) is 37.1 Å². The number of rotatable bonds is 3. The highest BCUT2D eigenvalue weighted by atomic mass is 35.5. The Bertz CT molecular complexity index is 1130. The van der Waals surface area contributed by atoms with Crippen molar-refractivity contribution in [3.05, 3.63) is 75.9 Å². The lowest BCUT2D eigenvalue weighted by atomic mass is 9.99. The fourth-order valence-electron chi connectivity index (χ4n) is 4.30. The van der Waals surface area contributed by atoms with Crippen LogP contribution in [0.1, 0.15) is 49.6 Å². The number of carbonyl (C=O) groups is 1. The van der Waals surface area contributed by atoms with Crippen LogP contribution in [0.5, 0.6) is 0 Å². The molecule has 3 aromatic rings. The van der Waals surface area contributed by atoms with Crippen LogP contribution < -0.4 is 0 Å². The summed E-state index contributed by atoms with van der Waals surface area (Å²) < 4.78 is 7.80. The predicted molar refractivity (Wildman–Crippen MR) is 133 cm³/mol. The molecule has 0 saturated carbocycles. The summed E-state index contributed by atoms with van der Waals surface area (Å²) in [5, 5.41) is 5.79. The summed E-state index contributed by atoms with van der Waals surface area (Å²) in [6, 6.07) is 16.3. The minimum Gasteiger partial charge on any atom is -0.444 e. The van der Waals surface area contributed by atoms with E-state index in [2.05, 4.69) is 35.9 Å². The third-order valence-electron chi connectivity index (χ3n) is 5.99. The SMILES string of the molecule is Cc1ccccc1Cn1nc(-c2ccc(Cl)cc2)c2c1CCCN(C(=O)OC(C)(C)C)CC2. The molecule has 2 aromatic carbocycles. The van der Waals surface area contributed by atoms with Gasteiger partial charge in [-0.25, -0.2) is 4.79 Å². The van der Waals surface area contributed by atoms with Gasteiger partial charge in [0.15, 0.2) is 0 Å². The Morgan fingerprint density at radius 1 is 1.06 bits per heavy atom. The first-order valence-electron chi connectivity index (χ1n) is 11.6. The molecule has 0 spiro atoms. The van der Waals surface area contributed by atoms with Crippen LogP contribution >= 0.6 is 11.6 Å². The Labute approximate surface area is 201 Å². The predicted octanol–water partition coefficient (Wildman–Crippen LogP) is 6.29. The average molecular weight is 466 g/mol. The smallest absolute Gasteiger partial charge is 0.410 e. The van der Waals surface area contributed by atoms with Crippen LogP contribution in [0.2, 0.25) is 5.02 Å². The maximum atomic E-state index is 12.7. The number of amides is 1. The van der Waals surface area contributed by atoms with Crippen LogP contribution in [0.25, 0.3) is 11.3 Å². The van der Waals surface area contributed by atoms with Crippen molar-refractivity contribution in [2.75, 3.05) is 13.1 Å². The number of carbonyl (C=O) groups excluding carboxylic acids is 1. The fourth-order valence-corrected chi connectivity index (χ4v) is 4.43. The zero-order valence-corrected chi connectivity index (χ0v) is 20.7. The highest BCUT2D eigenvalue weighted by Crippen LogP contribution is 2.30. The maximum absolute atomic E-state index is 12.7. The molecule has 0 unspecified atom stereocenters. The lowest BCUT2D eigenvalue weighted by Gasteiger charge is -2.29. The average Bonchev–Trinajstić information content (AvgIpc) is 3.05. The molecular formula is C27H32ClN3O2. The third kappa shape index (κ3) is 5.59. The van der Waals surface area contributed by atoms with Gasteiger partial charge in [0, 0.05) is 34.9 Å². The monoisotopic (exact) mass is 465 g/mol. The van der Waals surface area contributed by atoms with Crippen molar-refractivity contribution >= 4 is 17.7 Å². The number of ether oxygens (including phenoxy) is 1. The van der Waals surface area contributed by atoms with E-state index in [1.807, 2.05) is 49.9 Å². The van der Waals surface area contributed by atoms with E-state index in [9.17, 15) is 4.79 Å². The Morgan fingerprint density at radius 3 is 2.48 bits per heavy atom. The van der Waals surface area contributed by atoms with E-state index in [1.165, 1.54) is 22.4 Å². The third-order valence-corrected chi connectivity index (χ3v) is 6.24. The van der Waals surface area contributed by atoms with Gasteiger partial charge < -0.3 is 9.64 Å². The number of hydrogen-bond donors (Lipinski definition) is 0. The molecule has 0 atom stereocenters. The van der Waals surface area contributed by atoms with Gasteiger partial charge in [-0.3, -0.25) is 4.68 Å². The van der Waals surface area contributed by atoms with Crippen molar-refractivity contribution in [2.45, 2.75) is 59.1 Å². The summed E-state index contributed by atoms with van der Waals surface area (Å²) in [5.41, 5.74) is 6.51. The summed E-state index contributed by atoms with van der Waals surface area (Å²) in [6.07, 6.45) is 2.22. The number of nitrogens with zero attached hydrogens (tertiary/aromatic N) is 3. The van der Waals surface area contributed by atoms with Crippen LogP contribution in [-0.2, 0) is 24.1 Å². The van der Waals surface area contributed by atoms with E-state index in [1.54, 1.807) is 0 Å². The van der Waals surface area contributed by atoms with Crippen LogP contribution in [0.15, 0.2) is 48.5 Å². The van der Waals surface area contributed by atoms with E-state index in [4.69, 9.17) is 21.4 Å². The molecule has 2 heterocycles. The normalized spacial score (nSPS) is 14.4. The highest BCUT2D eigenvalue weighted by Gasteiger charge is 2.26. The zero-order chi connectivity index (χ0) is 23.6. The first-order valence-corrected chi connectivity index (χ1v) is 12.0. The van der Waals surface area contributed by atoms with E-state index >= 15 is 0 Å². The summed E-state index contributed by atoms with van der Waals surface area (Å²) in [7, 11) is 0. The van der Waals surface area contributed by atoms with Gasteiger partial charge in [-0.1, -0.05) is 48.0 Å². The van der Waals surface area contributed by atoms with Gasteiger partial charge in [-0.2, -0.15) is 5.10 Å². The number of fused-ring (bicyclic) bond motifs is 1. The quantitative estimate of drug-likeness (QED) is 0.457. The van der Waals surface area contributed by atoms with Gasteiger partial charge in [-0.05, 0) is 70.2 Å². The van der Waals surface area contributed by atoms with Gasteiger partial charge in [0.2, 0.25) is 0 Å². The molecule has 0 fully saturated rings. The molecule has 0 bridgehead atoms. The minimum atomic E-state index is -0.502. The van der Waals surface area contributed by atoms with E-state index in [-0.39, 0.29) is 6.09 Å². The molecular weight excluding hydrogens is 434 g/mol. The van der Waals surface area contributed by atoms with Crippen molar-refractivity contribution in [1.29, 1.82) is 0 Å². The lowest BCUT2D eigenvalue weighted by molar-refractivity contribution is 0.0247. The molecule has 0 saturated heterocycles. The Kier molecular flexibility index (Phi) is 6.80. The number of aromatic nitrogens is 2. The molecule has 1 aliphatic rings. The summed E-state index contributed by atoms with van der Waals surface area (Å²) >= 11 is 6.14. The topological polar surface area (TPSA) is 47.4 Å². The molecule has 6 heteroatoms. The maximum Gasteiger partial charge on any atom is 0.410 e. The Balaban J connectivity index is 1.69. The van der Waals surface area contributed by atoms with Crippen LogP contribution in [0.4, 0.5) is 4.79 Å². The zero-order valence-electron chi connectivity index (χ0n) is 19.9. The molecule has 4 rings (SSSR count). The lowest BCUT2D eigenvalue weighted by Crippen LogP contribution is -2.39. The second-order valence-electron chi connectivity index (χ2n) is 9.69. The molecule has 0 N–H and O–H groups in total. The molecule has 0 aliphatic carbocycles. The summed E-state index contributed by atoms with van der Waals surface area (Å²) in [5.74, 6) is 0. The second kappa shape index (κ2) is 9.60. The largest absolute Gasteiger partial charge is 0.444 e. The summed E-state index contributed by atoms with van der Waals surface area (Å²) in [6.45, 7) is 9.88. The first-order chi connectivity index (χ1) is 15.7. The molecule has 33 heavy (non-hydrogen) atoms. The molecule has 1 amide bonds. The standard InChI is InChI=1S/C27H32ClN3O2/c1-19-8-5-6-9-21(19)18-31-24-10-7-16-30(26(32)33-27(2,3)4)17-15-23(24)25(29-31)20-11-13-22(28)14-12-20/h5-6,8-9,11-14H,7,10,15-18H2,1-4H3. The first kappa shape index (κ1) is 23.4. The molecule has 174 valence electrons. The Morgan fingerprint density at radius 2 is 1.79 bits per heavy atom. The molecule has 1 aromatic heterocycles. The number of hydrogen-bond acceptors (Lipinski definition) is 3. The van der Waals surface area contributed by atoms with Crippen molar-refractivity contribution in [1.82, 2.24) is 14.7 Å². The minimum absolute atomic E-state index is 0.244. The Hall–Kier alpha value is -2.79. The number of benzene rings is 2. The van der Waals surface area contributed by atoms with Crippen LogP contribution in [0.3, 0.4) is 0 Å². The van der Waals surface area contributed by atoms with E-state index in [0.29, 0.717) is 18.1 Å². The number of halogens is 1. The molecule has 1 aliphatic heterocycles. The van der Waals surface area contributed by atoms with Gasteiger partial charge in [-0.15, -0.1) is 0 Å². The molecule has 5 nitrogen and oxygen atoms in total. The second-order valence-corrected chi connectivity index (χ2v) is 10.1. The van der Waals surface area contributed by atoms with E-state index < -0.39 is 5.60 Å². The van der Waals surface area contributed by atoms with Crippen molar-refractivity contribution < 1.29 is 9.53 Å². The van der Waals surface area contributed by atoms with Crippen molar-refractivity contribution in [3.63, 3.8) is 0 Å². The fraction of sp³-hybridized carbons (Fsp3) is 0.407. The van der Waals surface area contributed by atoms with Crippen molar-refractivity contribution in [3.8, 4) is 11.3 Å². The van der Waals surface area contributed by atoms with Crippen LogP contribution in [0, 0.1) is 6.92 Å². The van der Waals surface area contributed by atoms with Crippen molar-refractivity contribution in [2.24, 2.45) is 0 Å². The van der Waals surface area contributed by atoms with Gasteiger partial charge in [0.1, 0.15) is 5.60 Å². The van der Waals surface area contributed by atoms with Gasteiger partial charge >= 0.3 is 6.09 Å². The number of aryl methyl sites for hydroxylation is 1. The highest BCUT2D eigenvalue weighted by molar-refractivity contribution is 6.30. The van der Waals surface area contributed by atoms with Gasteiger partial charge in [0.05, 0.1) is 12.2 Å². The van der Waals surface area contributed by atoms with Crippen LogP contribution in [-0.4, -0.2) is 39.5 Å².